The number of thioether (sulfide) groups is 1. The second kappa shape index (κ2) is 8.48. The number of nitrogens with zero attached hydrogens (tertiary/aromatic N) is 3. The van der Waals surface area contributed by atoms with Gasteiger partial charge in [0.25, 0.3) is 5.91 Å². The van der Waals surface area contributed by atoms with Gasteiger partial charge in [0.1, 0.15) is 17.4 Å². The SMILES string of the molecule is CCOc1c(C#N)cnc2ccc(C=C3SC(=N[C@@H]4C[C@H]4c4ccccc4)NC3=O)cc12. The lowest BCUT2D eigenvalue weighted by molar-refractivity contribution is -0.115. The lowest BCUT2D eigenvalue weighted by Crippen LogP contribution is -2.20. The molecule has 158 valence electrons. The first kappa shape index (κ1) is 20.3. The Kier molecular flexibility index (Phi) is 5.38. The van der Waals surface area contributed by atoms with Gasteiger partial charge in [0.15, 0.2) is 5.17 Å². The summed E-state index contributed by atoms with van der Waals surface area (Å²) in [6, 6.07) is 18.4. The van der Waals surface area contributed by atoms with Crippen LogP contribution in [0.4, 0.5) is 0 Å². The van der Waals surface area contributed by atoms with Gasteiger partial charge in [0.2, 0.25) is 0 Å². The Morgan fingerprint density at radius 2 is 2.16 bits per heavy atom. The first-order valence-corrected chi connectivity index (χ1v) is 11.3. The van der Waals surface area contributed by atoms with E-state index < -0.39 is 0 Å². The van der Waals surface area contributed by atoms with Crippen molar-refractivity contribution in [3.63, 3.8) is 0 Å². The number of pyridine rings is 1. The van der Waals surface area contributed by atoms with Crippen LogP contribution in [0.5, 0.6) is 5.75 Å². The summed E-state index contributed by atoms with van der Waals surface area (Å²) in [4.78, 5) is 22.2. The fourth-order valence-electron chi connectivity index (χ4n) is 3.83. The Morgan fingerprint density at radius 1 is 1.31 bits per heavy atom. The van der Waals surface area contributed by atoms with Crippen molar-refractivity contribution in [2.75, 3.05) is 6.61 Å². The lowest BCUT2D eigenvalue weighted by Gasteiger charge is -2.09. The van der Waals surface area contributed by atoms with Crippen LogP contribution < -0.4 is 10.1 Å². The molecule has 1 saturated carbocycles. The van der Waals surface area contributed by atoms with Gasteiger partial charge < -0.3 is 10.1 Å². The Bertz CT molecular complexity index is 1310. The number of nitrogens with one attached hydrogen (secondary N) is 1. The molecule has 0 spiro atoms. The Labute approximate surface area is 190 Å². The predicted molar refractivity (Wildman–Crippen MR) is 126 cm³/mol. The van der Waals surface area contributed by atoms with Crippen LogP contribution >= 0.6 is 11.8 Å². The van der Waals surface area contributed by atoms with Crippen molar-refractivity contribution >= 4 is 39.8 Å². The van der Waals surface area contributed by atoms with Crippen LogP contribution in [0.15, 0.2) is 64.6 Å². The Morgan fingerprint density at radius 3 is 2.94 bits per heavy atom. The molecule has 2 fully saturated rings. The average molecular weight is 441 g/mol. The summed E-state index contributed by atoms with van der Waals surface area (Å²) in [5.41, 5.74) is 3.26. The number of hydrogen-bond donors (Lipinski definition) is 1. The van der Waals surface area contributed by atoms with Crippen molar-refractivity contribution in [1.29, 1.82) is 5.26 Å². The van der Waals surface area contributed by atoms with Gasteiger partial charge in [-0.25, -0.2) is 0 Å². The van der Waals surface area contributed by atoms with E-state index in [4.69, 9.17) is 9.73 Å². The number of amides is 1. The molecule has 1 amide bonds. The van der Waals surface area contributed by atoms with Crippen LogP contribution in [0, 0.1) is 11.3 Å². The topological polar surface area (TPSA) is 87.4 Å². The third-order valence-corrected chi connectivity index (χ3v) is 6.39. The molecule has 2 aliphatic rings. The molecule has 1 saturated heterocycles. The van der Waals surface area contributed by atoms with Crippen LogP contribution in [0.2, 0.25) is 0 Å². The van der Waals surface area contributed by atoms with Crippen molar-refractivity contribution in [2.24, 2.45) is 4.99 Å². The van der Waals surface area contributed by atoms with Gasteiger partial charge >= 0.3 is 0 Å². The molecule has 2 heterocycles. The van der Waals surface area contributed by atoms with E-state index in [0.717, 1.165) is 22.9 Å². The monoisotopic (exact) mass is 440 g/mol. The number of carbonyl (C=O) groups is 1. The smallest absolute Gasteiger partial charge is 0.264 e. The number of fused-ring (bicyclic) bond motifs is 1. The van der Waals surface area contributed by atoms with E-state index in [1.807, 2.05) is 49.4 Å². The highest BCUT2D eigenvalue weighted by atomic mass is 32.2. The Balaban J connectivity index is 1.39. The van der Waals surface area contributed by atoms with Gasteiger partial charge in [-0.2, -0.15) is 5.26 Å². The molecule has 5 rings (SSSR count). The number of aromatic nitrogens is 1. The predicted octanol–water partition coefficient (Wildman–Crippen LogP) is 4.62. The lowest BCUT2D eigenvalue weighted by atomic mass is 10.1. The molecule has 7 heteroatoms. The van der Waals surface area contributed by atoms with Crippen molar-refractivity contribution in [1.82, 2.24) is 10.3 Å². The van der Waals surface area contributed by atoms with Crippen molar-refractivity contribution in [3.05, 3.63) is 76.3 Å². The minimum absolute atomic E-state index is 0.153. The van der Waals surface area contributed by atoms with Crippen LogP contribution in [0.1, 0.15) is 36.0 Å². The number of benzene rings is 2. The van der Waals surface area contributed by atoms with Crippen molar-refractivity contribution in [3.8, 4) is 11.8 Å². The minimum Gasteiger partial charge on any atom is -0.492 e. The summed E-state index contributed by atoms with van der Waals surface area (Å²) in [7, 11) is 0. The first-order chi connectivity index (χ1) is 15.7. The number of nitriles is 1. The summed E-state index contributed by atoms with van der Waals surface area (Å²) < 4.78 is 5.71. The maximum Gasteiger partial charge on any atom is 0.264 e. The summed E-state index contributed by atoms with van der Waals surface area (Å²) >= 11 is 1.36. The third-order valence-electron chi connectivity index (χ3n) is 5.47. The highest BCUT2D eigenvalue weighted by molar-refractivity contribution is 8.18. The van der Waals surface area contributed by atoms with Crippen LogP contribution in [-0.2, 0) is 4.79 Å². The summed E-state index contributed by atoms with van der Waals surface area (Å²) in [6.45, 7) is 2.32. The van der Waals surface area contributed by atoms with E-state index in [9.17, 15) is 10.1 Å². The number of carbonyl (C=O) groups excluding carboxylic acids is 1. The van der Waals surface area contributed by atoms with E-state index >= 15 is 0 Å². The van der Waals surface area contributed by atoms with E-state index in [-0.39, 0.29) is 11.9 Å². The van der Waals surface area contributed by atoms with E-state index in [1.165, 1.54) is 23.5 Å². The van der Waals surface area contributed by atoms with Gasteiger partial charge in [0.05, 0.1) is 23.1 Å². The molecule has 0 bridgehead atoms. The zero-order valence-corrected chi connectivity index (χ0v) is 18.2. The normalized spacial score (nSPS) is 22.2. The maximum absolute atomic E-state index is 12.5. The number of ether oxygens (including phenoxy) is 1. The van der Waals surface area contributed by atoms with Crippen LogP contribution in [-0.4, -0.2) is 28.7 Å². The summed E-state index contributed by atoms with van der Waals surface area (Å²) in [5.74, 6) is 0.792. The van der Waals surface area contributed by atoms with Gasteiger partial charge in [-0.1, -0.05) is 36.4 Å². The van der Waals surface area contributed by atoms with Crippen LogP contribution in [0.25, 0.3) is 17.0 Å². The summed E-state index contributed by atoms with van der Waals surface area (Å²) in [6.07, 6.45) is 4.36. The minimum atomic E-state index is -0.153. The largest absolute Gasteiger partial charge is 0.492 e. The second-order valence-corrected chi connectivity index (χ2v) is 8.67. The van der Waals surface area contributed by atoms with Crippen LogP contribution in [0.3, 0.4) is 0 Å². The van der Waals surface area contributed by atoms with Gasteiger partial charge in [-0.05, 0) is 54.4 Å². The van der Waals surface area contributed by atoms with Crippen molar-refractivity contribution < 1.29 is 9.53 Å². The fourth-order valence-corrected chi connectivity index (χ4v) is 4.71. The molecule has 1 aliphatic carbocycles. The zero-order chi connectivity index (χ0) is 22.1. The number of amidine groups is 1. The second-order valence-electron chi connectivity index (χ2n) is 7.64. The molecule has 1 N–H and O–H groups in total. The molecule has 0 radical (unpaired) electrons. The number of rotatable bonds is 5. The number of aliphatic imine (C=N–C) groups is 1. The van der Waals surface area contributed by atoms with E-state index in [0.29, 0.717) is 33.9 Å². The third kappa shape index (κ3) is 3.97. The molecule has 0 unspecified atom stereocenters. The quantitative estimate of drug-likeness (QED) is 0.585. The first-order valence-electron chi connectivity index (χ1n) is 10.5. The van der Waals surface area contributed by atoms with Gasteiger partial charge in [-0.15, -0.1) is 0 Å². The van der Waals surface area contributed by atoms with E-state index in [1.54, 1.807) is 0 Å². The highest BCUT2D eigenvalue weighted by Gasteiger charge is 2.39. The molecule has 2 atom stereocenters. The molecule has 32 heavy (non-hydrogen) atoms. The molecule has 3 aromatic rings. The molecule has 1 aromatic heterocycles. The van der Waals surface area contributed by atoms with Crippen molar-refractivity contribution in [2.45, 2.75) is 25.3 Å². The molecule has 6 nitrogen and oxygen atoms in total. The maximum atomic E-state index is 12.5. The Hall–Kier alpha value is -3.63. The van der Waals surface area contributed by atoms with E-state index in [2.05, 4.69) is 28.5 Å². The number of hydrogen-bond acceptors (Lipinski definition) is 6. The molecular weight excluding hydrogens is 420 g/mol. The summed E-state index contributed by atoms with van der Waals surface area (Å²) in [5, 5.41) is 13.7. The molecular formula is C25H20N4O2S. The van der Waals surface area contributed by atoms with Gasteiger partial charge in [-0.3, -0.25) is 14.8 Å². The zero-order valence-electron chi connectivity index (χ0n) is 17.4. The standard InChI is InChI=1S/C25H20N4O2S/c1-2-31-23-17(13-26)14-27-20-9-8-15(10-19(20)23)11-22-24(30)29-25(32-22)28-21-12-18(21)16-6-4-3-5-7-16/h3-11,14,18,21H,2,12H2,1H3,(H,28,29,30)/t18-,21+/m0/s1. The van der Waals surface area contributed by atoms with Gasteiger partial charge in [0, 0.05) is 17.5 Å². The molecule has 1 aliphatic heterocycles. The molecule has 2 aromatic carbocycles. The average Bonchev–Trinajstić information content (AvgIpc) is 3.50. The fraction of sp³-hybridized carbons (Fsp3) is 0.200. The highest BCUT2D eigenvalue weighted by Crippen LogP contribution is 2.44.